The van der Waals surface area contributed by atoms with Gasteiger partial charge in [-0.2, -0.15) is 4.31 Å². The number of piperazine rings is 1. The van der Waals surface area contributed by atoms with E-state index in [1.807, 2.05) is 17.9 Å². The lowest BCUT2D eigenvalue weighted by Crippen LogP contribution is -2.50. The van der Waals surface area contributed by atoms with Crippen molar-refractivity contribution >= 4 is 27.5 Å². The molecule has 0 radical (unpaired) electrons. The van der Waals surface area contributed by atoms with E-state index < -0.39 is 10.0 Å². The zero-order chi connectivity index (χ0) is 23.8. The maximum absolute atomic E-state index is 12.8. The van der Waals surface area contributed by atoms with E-state index in [9.17, 15) is 18.0 Å². The van der Waals surface area contributed by atoms with E-state index in [1.165, 1.54) is 11.4 Å². The zero-order valence-corrected chi connectivity index (χ0v) is 19.7. The molecule has 0 saturated carbocycles. The van der Waals surface area contributed by atoms with E-state index >= 15 is 0 Å². The van der Waals surface area contributed by atoms with Crippen LogP contribution in [-0.4, -0.2) is 75.9 Å². The van der Waals surface area contributed by atoms with Crippen LogP contribution in [0.1, 0.15) is 11.1 Å². The molecule has 1 saturated heterocycles. The molecule has 1 aliphatic rings. The van der Waals surface area contributed by atoms with Crippen LogP contribution >= 0.6 is 0 Å². The van der Waals surface area contributed by atoms with Crippen LogP contribution in [0.3, 0.4) is 0 Å². The predicted molar refractivity (Wildman–Crippen MR) is 125 cm³/mol. The van der Waals surface area contributed by atoms with Gasteiger partial charge in [-0.25, -0.2) is 8.42 Å². The highest BCUT2D eigenvalue weighted by molar-refractivity contribution is 7.89. The van der Waals surface area contributed by atoms with E-state index in [1.54, 1.807) is 42.5 Å². The van der Waals surface area contributed by atoms with Gasteiger partial charge in [-0.1, -0.05) is 29.8 Å². The lowest BCUT2D eigenvalue weighted by atomic mass is 10.2. The Morgan fingerprint density at radius 2 is 1.70 bits per heavy atom. The van der Waals surface area contributed by atoms with Crippen molar-refractivity contribution in [1.29, 1.82) is 0 Å². The number of methoxy groups -OCH3 is 1. The second-order valence-electron chi connectivity index (χ2n) is 7.95. The second-order valence-corrected chi connectivity index (χ2v) is 9.89. The van der Waals surface area contributed by atoms with Crippen LogP contribution in [0.4, 0.5) is 5.69 Å². The fourth-order valence-electron chi connectivity index (χ4n) is 3.53. The van der Waals surface area contributed by atoms with Crippen molar-refractivity contribution in [3.05, 3.63) is 59.7 Å². The van der Waals surface area contributed by atoms with Gasteiger partial charge in [0, 0.05) is 45.5 Å². The van der Waals surface area contributed by atoms with Crippen molar-refractivity contribution in [1.82, 2.24) is 14.5 Å². The highest BCUT2D eigenvalue weighted by Crippen LogP contribution is 2.18. The second kappa shape index (κ2) is 11.4. The molecule has 0 spiro atoms. The number of anilines is 1. The van der Waals surface area contributed by atoms with Gasteiger partial charge in [0.05, 0.1) is 11.4 Å². The zero-order valence-electron chi connectivity index (χ0n) is 18.9. The molecule has 1 fully saturated rings. The summed E-state index contributed by atoms with van der Waals surface area (Å²) < 4.78 is 31.9. The standard InChI is InChI=1S/C23H30N4O5S/c1-18-6-8-21(9-7-18)33(30,31)27-12-10-26(11-13-27)16-22(28)24-15-19-4-3-5-20(14-19)25-23(29)17-32-2/h3-9,14H,10-13,15-17H2,1-2H3,(H,24,28)(H,25,29). The van der Waals surface area contributed by atoms with Gasteiger partial charge in [0.1, 0.15) is 6.61 Å². The van der Waals surface area contributed by atoms with Gasteiger partial charge in [0.25, 0.3) is 0 Å². The van der Waals surface area contributed by atoms with Crippen molar-refractivity contribution < 1.29 is 22.7 Å². The lowest BCUT2D eigenvalue weighted by Gasteiger charge is -2.33. The number of carbonyl (C=O) groups excluding carboxylic acids is 2. The SMILES string of the molecule is COCC(=O)Nc1cccc(CNC(=O)CN2CCN(S(=O)(=O)c3ccc(C)cc3)CC2)c1. The number of sulfonamides is 1. The molecule has 0 bridgehead atoms. The summed E-state index contributed by atoms with van der Waals surface area (Å²) in [7, 11) is -2.07. The monoisotopic (exact) mass is 474 g/mol. The van der Waals surface area contributed by atoms with Crippen LogP contribution in [0.5, 0.6) is 0 Å². The van der Waals surface area contributed by atoms with Gasteiger partial charge < -0.3 is 15.4 Å². The summed E-state index contributed by atoms with van der Waals surface area (Å²) in [4.78, 5) is 26.3. The molecular weight excluding hydrogens is 444 g/mol. The largest absolute Gasteiger partial charge is 0.375 e. The molecule has 0 aliphatic carbocycles. The first-order chi connectivity index (χ1) is 15.8. The van der Waals surface area contributed by atoms with Gasteiger partial charge in [0.15, 0.2) is 0 Å². The Hall–Kier alpha value is -2.79. The molecule has 0 aromatic heterocycles. The Labute approximate surface area is 194 Å². The van der Waals surface area contributed by atoms with Crippen LogP contribution in [0.25, 0.3) is 0 Å². The summed E-state index contributed by atoms with van der Waals surface area (Å²) in [6.07, 6.45) is 0. The Balaban J connectivity index is 1.45. The number of aryl methyl sites for hydroxylation is 1. The summed E-state index contributed by atoms with van der Waals surface area (Å²) in [5.74, 6) is -0.388. The van der Waals surface area contributed by atoms with Crippen LogP contribution < -0.4 is 10.6 Å². The number of nitrogens with zero attached hydrogens (tertiary/aromatic N) is 2. The van der Waals surface area contributed by atoms with E-state index in [-0.39, 0.29) is 25.0 Å². The minimum Gasteiger partial charge on any atom is -0.375 e. The number of ether oxygens (including phenoxy) is 1. The Bertz CT molecular complexity index is 1060. The minimum atomic E-state index is -3.53. The maximum Gasteiger partial charge on any atom is 0.250 e. The lowest BCUT2D eigenvalue weighted by molar-refractivity contribution is -0.122. The van der Waals surface area contributed by atoms with Crippen molar-refractivity contribution in [2.24, 2.45) is 0 Å². The molecule has 2 aromatic carbocycles. The number of nitrogens with one attached hydrogen (secondary N) is 2. The highest BCUT2D eigenvalue weighted by atomic mass is 32.2. The molecule has 2 aromatic rings. The molecule has 2 amide bonds. The first-order valence-corrected chi connectivity index (χ1v) is 12.2. The molecule has 9 nitrogen and oxygen atoms in total. The van der Waals surface area contributed by atoms with E-state index in [0.717, 1.165) is 11.1 Å². The Morgan fingerprint density at radius 1 is 1.00 bits per heavy atom. The van der Waals surface area contributed by atoms with Gasteiger partial charge in [-0.05, 0) is 36.8 Å². The fourth-order valence-corrected chi connectivity index (χ4v) is 4.96. The number of rotatable bonds is 9. The van der Waals surface area contributed by atoms with Crippen LogP contribution in [0.2, 0.25) is 0 Å². The van der Waals surface area contributed by atoms with Crippen LogP contribution in [-0.2, 0) is 30.9 Å². The van der Waals surface area contributed by atoms with Crippen molar-refractivity contribution in [3.63, 3.8) is 0 Å². The summed E-state index contributed by atoms with van der Waals surface area (Å²) in [5, 5.41) is 5.60. The number of carbonyl (C=O) groups is 2. The first kappa shape index (κ1) is 24.8. The third kappa shape index (κ3) is 7.10. The molecule has 33 heavy (non-hydrogen) atoms. The van der Waals surface area contributed by atoms with Crippen molar-refractivity contribution in [2.45, 2.75) is 18.4 Å². The molecule has 1 aliphatic heterocycles. The third-order valence-corrected chi connectivity index (χ3v) is 7.25. The van der Waals surface area contributed by atoms with Crippen LogP contribution in [0.15, 0.2) is 53.4 Å². The number of benzene rings is 2. The fraction of sp³-hybridized carbons (Fsp3) is 0.391. The van der Waals surface area contributed by atoms with Crippen molar-refractivity contribution in [3.8, 4) is 0 Å². The van der Waals surface area contributed by atoms with Gasteiger partial charge in [0.2, 0.25) is 21.8 Å². The van der Waals surface area contributed by atoms with E-state index in [4.69, 9.17) is 4.74 Å². The molecule has 0 unspecified atom stereocenters. The summed E-state index contributed by atoms with van der Waals surface area (Å²) in [6.45, 7) is 4.06. The maximum atomic E-state index is 12.8. The molecule has 1 heterocycles. The summed E-state index contributed by atoms with van der Waals surface area (Å²) in [5.41, 5.74) is 2.50. The summed E-state index contributed by atoms with van der Waals surface area (Å²) >= 11 is 0. The Morgan fingerprint density at radius 3 is 2.36 bits per heavy atom. The first-order valence-electron chi connectivity index (χ1n) is 10.7. The average Bonchev–Trinajstić information content (AvgIpc) is 2.79. The predicted octanol–water partition coefficient (Wildman–Crippen LogP) is 1.20. The number of amides is 2. The van der Waals surface area contributed by atoms with Gasteiger partial charge in [-0.3, -0.25) is 14.5 Å². The molecular formula is C23H30N4O5S. The quantitative estimate of drug-likeness (QED) is 0.566. The smallest absolute Gasteiger partial charge is 0.250 e. The third-order valence-electron chi connectivity index (χ3n) is 5.33. The van der Waals surface area contributed by atoms with Gasteiger partial charge >= 0.3 is 0 Å². The highest BCUT2D eigenvalue weighted by Gasteiger charge is 2.28. The van der Waals surface area contributed by atoms with Crippen molar-refractivity contribution in [2.75, 3.05) is 51.8 Å². The van der Waals surface area contributed by atoms with E-state index in [0.29, 0.717) is 43.3 Å². The van der Waals surface area contributed by atoms with E-state index in [2.05, 4.69) is 10.6 Å². The molecule has 0 atom stereocenters. The normalized spacial score (nSPS) is 15.2. The average molecular weight is 475 g/mol. The molecule has 178 valence electrons. The molecule has 3 rings (SSSR count). The molecule has 10 heteroatoms. The summed E-state index contributed by atoms with van der Waals surface area (Å²) in [6, 6.07) is 14.1. The molecule has 2 N–H and O–H groups in total. The van der Waals surface area contributed by atoms with Gasteiger partial charge in [-0.15, -0.1) is 0 Å². The number of hydrogen-bond acceptors (Lipinski definition) is 6. The topological polar surface area (TPSA) is 108 Å². The minimum absolute atomic E-state index is 0.0272. The Kier molecular flexibility index (Phi) is 8.56. The van der Waals surface area contributed by atoms with Crippen LogP contribution in [0, 0.1) is 6.92 Å². The number of hydrogen-bond donors (Lipinski definition) is 2.